The molecule has 114 valence electrons. The van der Waals surface area contributed by atoms with Crippen molar-refractivity contribution in [2.75, 3.05) is 25.5 Å². The smallest absolute Gasteiger partial charge is 0.277 e. The summed E-state index contributed by atoms with van der Waals surface area (Å²) in [5.41, 5.74) is 2.18. The van der Waals surface area contributed by atoms with E-state index >= 15 is 0 Å². The first-order valence-electron chi connectivity index (χ1n) is 6.85. The minimum atomic E-state index is -0.477. The van der Waals surface area contributed by atoms with Gasteiger partial charge in [-0.25, -0.2) is 0 Å². The highest BCUT2D eigenvalue weighted by Crippen LogP contribution is 2.30. The maximum atomic E-state index is 12.1. The average Bonchev–Trinajstić information content (AvgIpc) is 2.93. The molecule has 2 aliphatic heterocycles. The van der Waals surface area contributed by atoms with Crippen LogP contribution in [0, 0.1) is 0 Å². The predicted molar refractivity (Wildman–Crippen MR) is 77.8 cm³/mol. The number of anilines is 1. The second-order valence-corrected chi connectivity index (χ2v) is 5.19. The minimum absolute atomic E-state index is 0.0343. The number of nitrogens with zero attached hydrogens (tertiary/aromatic N) is 2. The molecule has 7 nitrogen and oxygen atoms in total. The summed E-state index contributed by atoms with van der Waals surface area (Å²) in [6.07, 6.45) is 1.21. The summed E-state index contributed by atoms with van der Waals surface area (Å²) in [7, 11) is 1.71. The van der Waals surface area contributed by atoms with Gasteiger partial charge in [-0.15, -0.1) is 0 Å². The number of hydrogen-bond donors (Lipinski definition) is 2. The van der Waals surface area contributed by atoms with Gasteiger partial charge < -0.3 is 15.3 Å². The summed E-state index contributed by atoms with van der Waals surface area (Å²) in [6, 6.07) is 5.23. The zero-order valence-corrected chi connectivity index (χ0v) is 12.0. The summed E-state index contributed by atoms with van der Waals surface area (Å²) in [4.78, 5) is 38.4. The number of hydrogen-bond acceptors (Lipinski definition) is 5. The number of amides is 3. The van der Waals surface area contributed by atoms with E-state index in [0.717, 1.165) is 10.5 Å². The number of rotatable bonds is 4. The van der Waals surface area contributed by atoms with E-state index in [1.54, 1.807) is 30.1 Å². The molecule has 2 heterocycles. The van der Waals surface area contributed by atoms with Crippen molar-refractivity contribution < 1.29 is 19.5 Å². The van der Waals surface area contributed by atoms with Gasteiger partial charge in [0.25, 0.3) is 17.7 Å². The Labute approximate surface area is 126 Å². The molecule has 0 unspecified atom stereocenters. The van der Waals surface area contributed by atoms with Crippen LogP contribution in [0.2, 0.25) is 0 Å². The molecule has 2 aliphatic rings. The van der Waals surface area contributed by atoms with E-state index in [1.807, 2.05) is 0 Å². The summed E-state index contributed by atoms with van der Waals surface area (Å²) in [5, 5.41) is 11.8. The third kappa shape index (κ3) is 2.15. The highest BCUT2D eigenvalue weighted by molar-refractivity contribution is 6.17. The van der Waals surface area contributed by atoms with Crippen LogP contribution < -0.4 is 5.32 Å². The number of imide groups is 1. The maximum absolute atomic E-state index is 12.1. The molecular weight excluding hydrogens is 286 g/mol. The van der Waals surface area contributed by atoms with Crippen LogP contribution in [0.15, 0.2) is 30.0 Å². The first-order chi connectivity index (χ1) is 10.5. The normalized spacial score (nSPS) is 17.2. The van der Waals surface area contributed by atoms with Crippen LogP contribution in [0.1, 0.15) is 15.9 Å². The number of fused-ring (bicyclic) bond motifs is 1. The van der Waals surface area contributed by atoms with Crippen molar-refractivity contribution in [1.29, 1.82) is 0 Å². The number of nitrogens with one attached hydrogen (secondary N) is 1. The second kappa shape index (κ2) is 5.27. The molecular formula is C15H15N3O4. The van der Waals surface area contributed by atoms with Crippen molar-refractivity contribution >= 4 is 23.4 Å². The largest absolute Gasteiger partial charge is 0.395 e. The summed E-state index contributed by atoms with van der Waals surface area (Å²) < 4.78 is 0. The van der Waals surface area contributed by atoms with Gasteiger partial charge in [0.1, 0.15) is 5.70 Å². The van der Waals surface area contributed by atoms with Crippen LogP contribution in [0.25, 0.3) is 0 Å². The lowest BCUT2D eigenvalue weighted by Crippen LogP contribution is -2.34. The highest BCUT2D eigenvalue weighted by Gasteiger charge is 2.32. The van der Waals surface area contributed by atoms with E-state index in [2.05, 4.69) is 5.32 Å². The van der Waals surface area contributed by atoms with Gasteiger partial charge in [-0.3, -0.25) is 19.3 Å². The van der Waals surface area contributed by atoms with E-state index in [1.165, 1.54) is 6.08 Å². The predicted octanol–water partition coefficient (Wildman–Crippen LogP) is -0.0709. The number of carbonyl (C=O) groups excluding carboxylic acids is 3. The molecule has 0 atom stereocenters. The van der Waals surface area contributed by atoms with Crippen LogP contribution in [0.3, 0.4) is 0 Å². The number of benzene rings is 1. The van der Waals surface area contributed by atoms with Crippen LogP contribution in [-0.2, 0) is 16.1 Å². The zero-order valence-electron chi connectivity index (χ0n) is 12.0. The molecule has 2 N–H and O–H groups in total. The molecule has 0 aromatic heterocycles. The fourth-order valence-corrected chi connectivity index (χ4v) is 2.64. The Morgan fingerprint density at radius 2 is 2.00 bits per heavy atom. The lowest BCUT2D eigenvalue weighted by atomic mass is 10.1. The molecule has 3 amide bonds. The van der Waals surface area contributed by atoms with E-state index in [0.29, 0.717) is 17.8 Å². The van der Waals surface area contributed by atoms with Crippen LogP contribution >= 0.6 is 0 Å². The molecule has 0 saturated carbocycles. The zero-order chi connectivity index (χ0) is 15.9. The first kappa shape index (κ1) is 14.3. The van der Waals surface area contributed by atoms with Gasteiger partial charge in [0.15, 0.2) is 0 Å². The summed E-state index contributed by atoms with van der Waals surface area (Å²) in [5.74, 6) is -1.000. The Balaban J connectivity index is 1.87. The van der Waals surface area contributed by atoms with E-state index in [9.17, 15) is 14.4 Å². The van der Waals surface area contributed by atoms with Crippen LogP contribution in [0.5, 0.6) is 0 Å². The van der Waals surface area contributed by atoms with Crippen molar-refractivity contribution in [2.24, 2.45) is 0 Å². The fourth-order valence-electron chi connectivity index (χ4n) is 2.64. The van der Waals surface area contributed by atoms with Crippen molar-refractivity contribution in [3.8, 4) is 0 Å². The quantitative estimate of drug-likeness (QED) is 0.760. The monoisotopic (exact) mass is 301 g/mol. The van der Waals surface area contributed by atoms with Crippen LogP contribution in [0.4, 0.5) is 5.69 Å². The number of carbonyl (C=O) groups is 3. The topological polar surface area (TPSA) is 89.9 Å². The molecule has 22 heavy (non-hydrogen) atoms. The molecule has 0 saturated heterocycles. The van der Waals surface area contributed by atoms with Crippen LogP contribution in [-0.4, -0.2) is 52.8 Å². The van der Waals surface area contributed by atoms with Gasteiger partial charge in [0, 0.05) is 36.5 Å². The van der Waals surface area contributed by atoms with Gasteiger partial charge in [0.05, 0.1) is 13.2 Å². The summed E-state index contributed by atoms with van der Waals surface area (Å²) in [6.45, 7) is 0.138. The van der Waals surface area contributed by atoms with Gasteiger partial charge in [-0.2, -0.15) is 0 Å². The van der Waals surface area contributed by atoms with Gasteiger partial charge in [-0.1, -0.05) is 6.07 Å². The second-order valence-electron chi connectivity index (χ2n) is 5.19. The van der Waals surface area contributed by atoms with Crippen molar-refractivity contribution in [3.05, 3.63) is 41.1 Å². The van der Waals surface area contributed by atoms with Crippen molar-refractivity contribution in [2.45, 2.75) is 6.54 Å². The third-order valence-corrected chi connectivity index (χ3v) is 3.75. The third-order valence-electron chi connectivity index (χ3n) is 3.75. The Morgan fingerprint density at radius 3 is 2.73 bits per heavy atom. The fraction of sp³-hybridized carbons (Fsp3) is 0.267. The molecule has 0 fully saturated rings. The molecule has 0 spiro atoms. The Morgan fingerprint density at radius 1 is 1.23 bits per heavy atom. The maximum Gasteiger partial charge on any atom is 0.277 e. The average molecular weight is 301 g/mol. The highest BCUT2D eigenvalue weighted by atomic mass is 16.3. The van der Waals surface area contributed by atoms with Gasteiger partial charge in [-0.05, 0) is 12.1 Å². The summed E-state index contributed by atoms with van der Waals surface area (Å²) >= 11 is 0. The molecule has 7 heteroatoms. The lowest BCUT2D eigenvalue weighted by molar-refractivity contribution is -0.137. The Bertz CT molecular complexity index is 711. The molecule has 1 aromatic carbocycles. The Hall–Kier alpha value is -2.67. The minimum Gasteiger partial charge on any atom is -0.395 e. The van der Waals surface area contributed by atoms with Crippen molar-refractivity contribution in [1.82, 2.24) is 9.80 Å². The lowest BCUT2D eigenvalue weighted by Gasteiger charge is -2.14. The van der Waals surface area contributed by atoms with E-state index in [-0.39, 0.29) is 24.8 Å². The number of β-amino-alcohol motifs (C(OH)–C–C–N with tert-alkyl or cyclic N) is 1. The number of aliphatic hydroxyl groups excluding tert-OH is 1. The molecule has 1 aromatic rings. The SMILES string of the molecule is CN1Cc2c(NC3=CC(=O)N(CCO)C3=O)cccc2C1=O. The molecule has 3 rings (SSSR count). The standard InChI is InChI=1S/C15H15N3O4/c1-17-8-10-9(14(17)21)3-2-4-11(10)16-12-7-13(20)18(5-6-19)15(12)22/h2-4,7,16,19H,5-6,8H2,1H3. The van der Waals surface area contributed by atoms with E-state index < -0.39 is 11.8 Å². The van der Waals surface area contributed by atoms with Crippen molar-refractivity contribution in [3.63, 3.8) is 0 Å². The molecule has 0 aliphatic carbocycles. The molecule has 0 bridgehead atoms. The van der Waals surface area contributed by atoms with Gasteiger partial charge in [0.2, 0.25) is 0 Å². The Kier molecular flexibility index (Phi) is 3.42. The van der Waals surface area contributed by atoms with Gasteiger partial charge >= 0.3 is 0 Å². The molecule has 0 radical (unpaired) electrons. The number of aliphatic hydroxyl groups is 1. The first-order valence-corrected chi connectivity index (χ1v) is 6.85. The van der Waals surface area contributed by atoms with E-state index in [4.69, 9.17) is 5.11 Å².